The van der Waals surface area contributed by atoms with Gasteiger partial charge in [0.2, 0.25) is 5.91 Å². The maximum Gasteiger partial charge on any atom is 0.422 e. The van der Waals surface area contributed by atoms with Gasteiger partial charge in [-0.25, -0.2) is 0 Å². The molecule has 2 unspecified atom stereocenters. The molecule has 1 aromatic carbocycles. The van der Waals surface area contributed by atoms with Crippen molar-refractivity contribution in [2.45, 2.75) is 32.0 Å². The normalized spacial score (nSPS) is 19.7. The van der Waals surface area contributed by atoms with Crippen molar-refractivity contribution in [3.05, 3.63) is 29.8 Å². The van der Waals surface area contributed by atoms with Crippen LogP contribution in [-0.4, -0.2) is 47.9 Å². The van der Waals surface area contributed by atoms with Gasteiger partial charge in [0.15, 0.2) is 6.61 Å². The van der Waals surface area contributed by atoms with Gasteiger partial charge in [-0.3, -0.25) is 4.79 Å². The average Bonchev–Trinajstić information content (AvgIpc) is 2.95. The Bertz CT molecular complexity index is 546. The van der Waals surface area contributed by atoms with E-state index in [1.807, 2.05) is 0 Å². The fourth-order valence-electron chi connectivity index (χ4n) is 2.60. The molecule has 7 heteroatoms. The van der Waals surface area contributed by atoms with Crippen molar-refractivity contribution >= 4 is 5.91 Å². The van der Waals surface area contributed by atoms with Gasteiger partial charge in [-0.2, -0.15) is 13.2 Å². The highest BCUT2D eigenvalue weighted by atomic mass is 19.4. The molecular weight excluding hydrogens is 311 g/mol. The quantitative estimate of drug-likeness (QED) is 0.901. The first-order valence-corrected chi connectivity index (χ1v) is 7.49. The van der Waals surface area contributed by atoms with E-state index in [-0.39, 0.29) is 24.0 Å². The molecule has 128 valence electrons. The fraction of sp³-hybridized carbons (Fsp3) is 0.562. The third-order valence-electron chi connectivity index (χ3n) is 3.92. The smallest absolute Gasteiger partial charge is 0.422 e. The summed E-state index contributed by atoms with van der Waals surface area (Å²) in [6.45, 7) is 1.46. The highest BCUT2D eigenvalue weighted by Crippen LogP contribution is 2.22. The molecule has 23 heavy (non-hydrogen) atoms. The lowest BCUT2D eigenvalue weighted by molar-refractivity contribution is -0.153. The first-order valence-electron chi connectivity index (χ1n) is 7.49. The maximum absolute atomic E-state index is 12.2. The van der Waals surface area contributed by atoms with Crippen LogP contribution in [0, 0.1) is 5.92 Å². The van der Waals surface area contributed by atoms with Gasteiger partial charge in [0.25, 0.3) is 0 Å². The summed E-state index contributed by atoms with van der Waals surface area (Å²) in [4.78, 5) is 13.9. The molecule has 1 N–H and O–H groups in total. The summed E-state index contributed by atoms with van der Waals surface area (Å²) < 4.78 is 41.1. The van der Waals surface area contributed by atoms with E-state index in [1.165, 1.54) is 12.1 Å². The topological polar surface area (TPSA) is 49.8 Å². The number of ether oxygens (including phenoxy) is 1. The summed E-state index contributed by atoms with van der Waals surface area (Å²) in [5.41, 5.74) is 0.607. The molecule has 0 radical (unpaired) electrons. The van der Waals surface area contributed by atoms with Crippen molar-refractivity contribution in [2.24, 2.45) is 5.92 Å². The van der Waals surface area contributed by atoms with E-state index < -0.39 is 18.9 Å². The Kier molecular flexibility index (Phi) is 5.51. The van der Waals surface area contributed by atoms with E-state index in [9.17, 15) is 23.1 Å². The number of halogens is 3. The molecule has 0 aromatic heterocycles. The molecule has 0 bridgehead atoms. The van der Waals surface area contributed by atoms with Gasteiger partial charge in [-0.1, -0.05) is 12.1 Å². The van der Waals surface area contributed by atoms with Gasteiger partial charge in [0, 0.05) is 19.0 Å². The summed E-state index contributed by atoms with van der Waals surface area (Å²) >= 11 is 0. The van der Waals surface area contributed by atoms with E-state index in [0.29, 0.717) is 18.7 Å². The van der Waals surface area contributed by atoms with Gasteiger partial charge >= 0.3 is 6.18 Å². The SMILES string of the molecule is CC(O)C1CCN(C(=O)Cc2cccc(OCC(F)(F)F)c2)C1. The molecule has 0 spiro atoms. The van der Waals surface area contributed by atoms with Crippen molar-refractivity contribution in [3.8, 4) is 5.75 Å². The molecule has 1 amide bonds. The maximum atomic E-state index is 12.2. The summed E-state index contributed by atoms with van der Waals surface area (Å²) in [6, 6.07) is 6.13. The number of alkyl halides is 3. The van der Waals surface area contributed by atoms with Crippen LogP contribution in [-0.2, 0) is 11.2 Å². The first kappa shape index (κ1) is 17.6. The number of rotatable bonds is 5. The third-order valence-corrected chi connectivity index (χ3v) is 3.92. The van der Waals surface area contributed by atoms with Crippen molar-refractivity contribution in [3.63, 3.8) is 0 Å². The van der Waals surface area contributed by atoms with Crippen LogP contribution < -0.4 is 4.74 Å². The number of carbonyl (C=O) groups excluding carboxylic acids is 1. The lowest BCUT2D eigenvalue weighted by Gasteiger charge is -2.18. The first-order chi connectivity index (χ1) is 10.7. The number of nitrogens with zero attached hydrogens (tertiary/aromatic N) is 1. The van der Waals surface area contributed by atoms with Crippen LogP contribution in [0.4, 0.5) is 13.2 Å². The Balaban J connectivity index is 1.91. The number of hydrogen-bond donors (Lipinski definition) is 1. The number of benzene rings is 1. The number of hydrogen-bond acceptors (Lipinski definition) is 3. The number of amides is 1. The Morgan fingerprint density at radius 1 is 1.48 bits per heavy atom. The monoisotopic (exact) mass is 331 g/mol. The van der Waals surface area contributed by atoms with Crippen LogP contribution >= 0.6 is 0 Å². The second-order valence-electron chi connectivity index (χ2n) is 5.86. The van der Waals surface area contributed by atoms with Gasteiger partial charge in [-0.05, 0) is 31.0 Å². The van der Waals surface area contributed by atoms with Crippen LogP contribution in [0.15, 0.2) is 24.3 Å². The minimum Gasteiger partial charge on any atom is -0.484 e. The molecular formula is C16H20F3NO3. The number of likely N-dealkylation sites (tertiary alicyclic amines) is 1. The molecule has 1 saturated heterocycles. The Hall–Kier alpha value is -1.76. The molecule has 1 fully saturated rings. The highest BCUT2D eigenvalue weighted by molar-refractivity contribution is 5.79. The number of aliphatic hydroxyl groups is 1. The third kappa shape index (κ3) is 5.42. The van der Waals surface area contributed by atoms with Crippen LogP contribution in [0.5, 0.6) is 5.75 Å². The Morgan fingerprint density at radius 2 is 2.22 bits per heavy atom. The predicted molar refractivity (Wildman–Crippen MR) is 78.1 cm³/mol. The highest BCUT2D eigenvalue weighted by Gasteiger charge is 2.29. The van der Waals surface area contributed by atoms with Gasteiger partial charge < -0.3 is 14.7 Å². The van der Waals surface area contributed by atoms with Crippen LogP contribution in [0.3, 0.4) is 0 Å². The summed E-state index contributed by atoms with van der Waals surface area (Å²) in [5.74, 6) is 0.0810. The Morgan fingerprint density at radius 3 is 2.83 bits per heavy atom. The van der Waals surface area contributed by atoms with Gasteiger partial charge in [-0.15, -0.1) is 0 Å². The zero-order chi connectivity index (χ0) is 17.0. The molecule has 4 nitrogen and oxygen atoms in total. The zero-order valence-electron chi connectivity index (χ0n) is 12.8. The summed E-state index contributed by atoms with van der Waals surface area (Å²) in [5, 5.41) is 9.56. The minimum absolute atomic E-state index is 0.0837. The Labute approximate surface area is 132 Å². The molecule has 1 heterocycles. The average molecular weight is 331 g/mol. The van der Waals surface area contributed by atoms with Gasteiger partial charge in [0.1, 0.15) is 5.75 Å². The molecule has 0 aliphatic carbocycles. The molecule has 0 saturated carbocycles. The molecule has 1 aromatic rings. The summed E-state index contributed by atoms with van der Waals surface area (Å²) in [7, 11) is 0. The molecule has 1 aliphatic rings. The summed E-state index contributed by atoms with van der Waals surface area (Å²) in [6.07, 6.45) is -3.97. The predicted octanol–water partition coefficient (Wildman–Crippen LogP) is 2.40. The van der Waals surface area contributed by atoms with Crippen LogP contribution in [0.2, 0.25) is 0 Å². The van der Waals surface area contributed by atoms with E-state index in [0.717, 1.165) is 6.42 Å². The van der Waals surface area contributed by atoms with E-state index in [4.69, 9.17) is 0 Å². The van der Waals surface area contributed by atoms with Crippen molar-refractivity contribution < 1.29 is 27.8 Å². The lowest BCUT2D eigenvalue weighted by atomic mass is 10.0. The fourth-order valence-corrected chi connectivity index (χ4v) is 2.60. The minimum atomic E-state index is -4.39. The second kappa shape index (κ2) is 7.21. The number of carbonyl (C=O) groups is 1. The lowest BCUT2D eigenvalue weighted by Crippen LogP contribution is -2.31. The van der Waals surface area contributed by atoms with E-state index in [2.05, 4.69) is 4.74 Å². The van der Waals surface area contributed by atoms with Gasteiger partial charge in [0.05, 0.1) is 12.5 Å². The molecule has 2 atom stereocenters. The van der Waals surface area contributed by atoms with Crippen LogP contribution in [0.1, 0.15) is 18.9 Å². The zero-order valence-corrected chi connectivity index (χ0v) is 12.8. The number of aliphatic hydroxyl groups excluding tert-OH is 1. The van der Waals surface area contributed by atoms with E-state index >= 15 is 0 Å². The van der Waals surface area contributed by atoms with Crippen molar-refractivity contribution in [1.82, 2.24) is 4.90 Å². The van der Waals surface area contributed by atoms with Crippen LogP contribution in [0.25, 0.3) is 0 Å². The molecule has 2 rings (SSSR count). The van der Waals surface area contributed by atoms with Crippen molar-refractivity contribution in [1.29, 1.82) is 0 Å². The standard InChI is InChI=1S/C16H20F3NO3/c1-11(21)13-5-6-20(9-13)15(22)8-12-3-2-4-14(7-12)23-10-16(17,18)19/h2-4,7,11,13,21H,5-6,8-10H2,1H3. The molecule has 1 aliphatic heterocycles. The van der Waals surface area contributed by atoms with Crippen molar-refractivity contribution in [2.75, 3.05) is 19.7 Å². The second-order valence-corrected chi connectivity index (χ2v) is 5.86. The largest absolute Gasteiger partial charge is 0.484 e. The van der Waals surface area contributed by atoms with E-state index in [1.54, 1.807) is 24.0 Å².